The van der Waals surface area contributed by atoms with Crippen molar-refractivity contribution in [1.29, 1.82) is 0 Å². The first-order valence-corrected chi connectivity index (χ1v) is 10.0. The number of hydrogen-bond donors (Lipinski definition) is 1. The fourth-order valence-corrected chi connectivity index (χ4v) is 3.66. The lowest BCUT2D eigenvalue weighted by Gasteiger charge is -2.41. The molecule has 2 aliphatic rings. The van der Waals surface area contributed by atoms with Gasteiger partial charge in [-0.3, -0.25) is 24.1 Å². The summed E-state index contributed by atoms with van der Waals surface area (Å²) >= 11 is 0. The number of hydrogen-bond acceptors (Lipinski definition) is 6. The van der Waals surface area contributed by atoms with E-state index in [0.29, 0.717) is 24.9 Å². The topological polar surface area (TPSA) is 102 Å². The number of benzene rings is 1. The number of halogens is 1. The molecule has 2 unspecified atom stereocenters. The molecule has 31 heavy (non-hydrogen) atoms. The third-order valence-corrected chi connectivity index (χ3v) is 5.34. The minimum Gasteiger partial charge on any atom is -0.350 e. The molecule has 166 valence electrons. The Morgan fingerprint density at radius 1 is 1.19 bits per heavy atom. The average molecular weight is 431 g/mol. The van der Waals surface area contributed by atoms with Crippen LogP contribution in [0.2, 0.25) is 0 Å². The summed E-state index contributed by atoms with van der Waals surface area (Å²) in [5.41, 5.74) is 0.642. The number of aliphatic imine (C=N–C) groups is 1. The van der Waals surface area contributed by atoms with Gasteiger partial charge in [-0.15, -0.1) is 0 Å². The number of nitrogens with one attached hydrogen (secondary N) is 1. The third-order valence-electron chi connectivity index (χ3n) is 5.34. The predicted molar refractivity (Wildman–Crippen MR) is 111 cm³/mol. The maximum Gasteiger partial charge on any atom is 0.298 e. The Hall–Kier alpha value is -3.14. The standard InChI is InChI=1S/C21H26FN5O4/c1-25(2)12-16(28)26(3)15-5-4-10-27-19(15)24-17(18(29)21(27)31)20(30)23-11-13-6-8-14(22)9-7-13/h6-9,15,17H,4-5,10-12H2,1-3H3,(H,23,30). The van der Waals surface area contributed by atoms with Crippen LogP contribution < -0.4 is 5.32 Å². The van der Waals surface area contributed by atoms with E-state index in [1.54, 1.807) is 26.0 Å². The van der Waals surface area contributed by atoms with Crippen LogP contribution in [0, 0.1) is 5.82 Å². The maximum absolute atomic E-state index is 13.0. The molecule has 1 N–H and O–H groups in total. The molecule has 2 aliphatic heterocycles. The van der Waals surface area contributed by atoms with Gasteiger partial charge in [0, 0.05) is 20.1 Å². The number of amides is 3. The Morgan fingerprint density at radius 2 is 1.87 bits per heavy atom. The monoisotopic (exact) mass is 431 g/mol. The Labute approximate surface area is 179 Å². The number of amidine groups is 1. The average Bonchev–Trinajstić information content (AvgIpc) is 2.74. The summed E-state index contributed by atoms with van der Waals surface area (Å²) < 4.78 is 13.0. The number of ketones is 1. The van der Waals surface area contributed by atoms with Crippen molar-refractivity contribution in [2.75, 3.05) is 34.2 Å². The van der Waals surface area contributed by atoms with Crippen LogP contribution in [0.15, 0.2) is 29.3 Å². The highest BCUT2D eigenvalue weighted by molar-refractivity contribution is 6.46. The zero-order chi connectivity index (χ0) is 22.7. The third kappa shape index (κ3) is 4.96. The highest BCUT2D eigenvalue weighted by atomic mass is 19.1. The molecular formula is C21H26FN5O4. The summed E-state index contributed by atoms with van der Waals surface area (Å²) in [6.07, 6.45) is 1.19. The van der Waals surface area contributed by atoms with E-state index in [9.17, 15) is 23.6 Å². The lowest BCUT2D eigenvalue weighted by molar-refractivity contribution is -0.146. The first kappa shape index (κ1) is 22.5. The lowest BCUT2D eigenvalue weighted by Crippen LogP contribution is -2.62. The second-order valence-corrected chi connectivity index (χ2v) is 7.96. The zero-order valence-corrected chi connectivity index (χ0v) is 17.8. The number of carbonyl (C=O) groups is 4. The van der Waals surface area contributed by atoms with E-state index in [-0.39, 0.29) is 24.8 Å². The van der Waals surface area contributed by atoms with E-state index in [1.807, 2.05) is 0 Å². The van der Waals surface area contributed by atoms with Crippen molar-refractivity contribution >= 4 is 29.3 Å². The van der Waals surface area contributed by atoms with Crippen LogP contribution in [0.1, 0.15) is 18.4 Å². The van der Waals surface area contributed by atoms with Crippen LogP contribution in [0.5, 0.6) is 0 Å². The van der Waals surface area contributed by atoms with E-state index >= 15 is 0 Å². The SMILES string of the molecule is CN(C)CC(=O)N(C)C1CCCN2C(=O)C(=O)C(C(=O)NCc3ccc(F)cc3)N=C12. The second-order valence-electron chi connectivity index (χ2n) is 7.96. The molecule has 3 rings (SSSR count). The van der Waals surface area contributed by atoms with Crippen LogP contribution in [0.3, 0.4) is 0 Å². The predicted octanol–water partition coefficient (Wildman–Crippen LogP) is -0.197. The number of piperidine rings is 1. The summed E-state index contributed by atoms with van der Waals surface area (Å²) in [7, 11) is 5.19. The molecule has 0 bridgehead atoms. The van der Waals surface area contributed by atoms with Crippen LogP contribution in [0.4, 0.5) is 4.39 Å². The minimum absolute atomic E-state index is 0.0658. The number of Topliss-reactive ketones (excluding diaryl/α,β-unsaturated/α-hetero) is 1. The van der Waals surface area contributed by atoms with E-state index in [0.717, 1.165) is 0 Å². The maximum atomic E-state index is 13.0. The summed E-state index contributed by atoms with van der Waals surface area (Å²) in [4.78, 5) is 59.2. The summed E-state index contributed by atoms with van der Waals surface area (Å²) in [5, 5.41) is 2.58. The molecule has 0 radical (unpaired) electrons. The van der Waals surface area contributed by atoms with Gasteiger partial charge in [0.05, 0.1) is 12.6 Å². The van der Waals surface area contributed by atoms with Crippen LogP contribution >= 0.6 is 0 Å². The van der Waals surface area contributed by atoms with E-state index in [1.165, 1.54) is 34.1 Å². The molecule has 0 aliphatic carbocycles. The first-order valence-electron chi connectivity index (χ1n) is 10.0. The Bertz CT molecular complexity index is 915. The van der Waals surface area contributed by atoms with Crippen LogP contribution in [0.25, 0.3) is 0 Å². The van der Waals surface area contributed by atoms with Gasteiger partial charge in [-0.05, 0) is 44.6 Å². The molecule has 1 fully saturated rings. The van der Waals surface area contributed by atoms with Gasteiger partial charge in [-0.25, -0.2) is 9.38 Å². The van der Waals surface area contributed by atoms with Gasteiger partial charge in [0.15, 0.2) is 6.04 Å². The summed E-state index contributed by atoms with van der Waals surface area (Å²) in [5.74, 6) is -2.67. The highest BCUT2D eigenvalue weighted by Crippen LogP contribution is 2.23. The van der Waals surface area contributed by atoms with Gasteiger partial charge < -0.3 is 15.1 Å². The number of rotatable bonds is 6. The molecule has 1 aromatic carbocycles. The van der Waals surface area contributed by atoms with Crippen molar-refractivity contribution in [3.63, 3.8) is 0 Å². The smallest absolute Gasteiger partial charge is 0.298 e. The van der Waals surface area contributed by atoms with Gasteiger partial charge in [0.2, 0.25) is 5.91 Å². The molecule has 0 spiro atoms. The van der Waals surface area contributed by atoms with Crippen molar-refractivity contribution in [1.82, 2.24) is 20.0 Å². The van der Waals surface area contributed by atoms with E-state index in [4.69, 9.17) is 0 Å². The largest absolute Gasteiger partial charge is 0.350 e. The fraction of sp³-hybridized carbons (Fsp3) is 0.476. The normalized spacial score (nSPS) is 20.9. The summed E-state index contributed by atoms with van der Waals surface area (Å²) in [6, 6.07) is 3.56. The molecule has 1 aromatic rings. The lowest BCUT2D eigenvalue weighted by atomic mass is 9.98. The number of fused-ring (bicyclic) bond motifs is 1. The van der Waals surface area contributed by atoms with Gasteiger partial charge in [-0.1, -0.05) is 12.1 Å². The molecule has 9 nitrogen and oxygen atoms in total. The van der Waals surface area contributed by atoms with Crippen molar-refractivity contribution in [3.05, 3.63) is 35.6 Å². The fourth-order valence-electron chi connectivity index (χ4n) is 3.66. The van der Waals surface area contributed by atoms with Crippen molar-refractivity contribution < 1.29 is 23.6 Å². The minimum atomic E-state index is -1.50. The number of nitrogens with zero attached hydrogens (tertiary/aromatic N) is 4. The van der Waals surface area contributed by atoms with Crippen LogP contribution in [-0.4, -0.2) is 90.4 Å². The van der Waals surface area contributed by atoms with E-state index in [2.05, 4.69) is 10.3 Å². The van der Waals surface area contributed by atoms with Crippen molar-refractivity contribution in [2.45, 2.75) is 31.5 Å². The van der Waals surface area contributed by atoms with Gasteiger partial charge in [0.25, 0.3) is 17.6 Å². The molecule has 10 heteroatoms. The molecular weight excluding hydrogens is 405 g/mol. The Balaban J connectivity index is 1.80. The Morgan fingerprint density at radius 3 is 2.52 bits per heavy atom. The molecule has 0 saturated carbocycles. The Kier molecular flexibility index (Phi) is 6.79. The first-order chi connectivity index (χ1) is 14.7. The van der Waals surface area contributed by atoms with Gasteiger partial charge in [0.1, 0.15) is 11.7 Å². The van der Waals surface area contributed by atoms with Gasteiger partial charge >= 0.3 is 0 Å². The number of carbonyl (C=O) groups excluding carboxylic acids is 4. The van der Waals surface area contributed by atoms with Crippen molar-refractivity contribution in [2.24, 2.45) is 4.99 Å². The molecule has 1 saturated heterocycles. The molecule has 2 atom stereocenters. The van der Waals surface area contributed by atoms with E-state index < -0.39 is 35.5 Å². The number of likely N-dealkylation sites (N-methyl/N-ethyl adjacent to an activating group) is 2. The molecule has 2 heterocycles. The quantitative estimate of drug-likeness (QED) is 0.497. The summed E-state index contributed by atoms with van der Waals surface area (Å²) in [6.45, 7) is 0.574. The molecule has 0 aromatic heterocycles. The zero-order valence-electron chi connectivity index (χ0n) is 17.8. The van der Waals surface area contributed by atoms with Crippen LogP contribution in [-0.2, 0) is 25.7 Å². The highest BCUT2D eigenvalue weighted by Gasteiger charge is 2.45. The second kappa shape index (κ2) is 9.34. The van der Waals surface area contributed by atoms with Gasteiger partial charge in [-0.2, -0.15) is 0 Å². The molecule has 3 amide bonds. The van der Waals surface area contributed by atoms with Crippen molar-refractivity contribution in [3.8, 4) is 0 Å².